The summed E-state index contributed by atoms with van der Waals surface area (Å²) in [6.07, 6.45) is 2.52. The first-order valence-corrected chi connectivity index (χ1v) is 12.6. The van der Waals surface area contributed by atoms with Gasteiger partial charge >= 0.3 is 0 Å². The standard InChI is InChI=1S/C18H36N2OSi/c1-16(2,3)15(21)17(4,14-22(5,6)7)20-11-9-18(13-20)8-10-19-12-18/h19H,8-14H2,1-7H3/t17-,18?/m1/s1. The average molecular weight is 325 g/mol. The third kappa shape index (κ3) is 3.65. The van der Waals surface area contributed by atoms with Crippen LogP contribution in [0.5, 0.6) is 0 Å². The summed E-state index contributed by atoms with van der Waals surface area (Å²) in [6.45, 7) is 20.1. The molecule has 0 bridgehead atoms. The molecule has 2 atom stereocenters. The summed E-state index contributed by atoms with van der Waals surface area (Å²) in [5.41, 5.74) is -0.119. The largest absolute Gasteiger partial charge is 0.316 e. The van der Waals surface area contributed by atoms with E-state index < -0.39 is 8.07 Å². The fourth-order valence-corrected chi connectivity index (χ4v) is 7.13. The van der Waals surface area contributed by atoms with Crippen LogP contribution in [0.4, 0.5) is 0 Å². The van der Waals surface area contributed by atoms with Gasteiger partial charge in [-0.05, 0) is 44.3 Å². The number of ketones is 1. The Kier molecular flexibility index (Phi) is 4.71. The van der Waals surface area contributed by atoms with Gasteiger partial charge in [-0.25, -0.2) is 0 Å². The smallest absolute Gasteiger partial charge is 0.157 e. The van der Waals surface area contributed by atoms with Gasteiger partial charge in [0.05, 0.1) is 5.54 Å². The van der Waals surface area contributed by atoms with Crippen molar-refractivity contribution in [3.63, 3.8) is 0 Å². The highest BCUT2D eigenvalue weighted by molar-refractivity contribution is 6.76. The van der Waals surface area contributed by atoms with Crippen molar-refractivity contribution in [2.45, 2.75) is 71.8 Å². The maximum Gasteiger partial charge on any atom is 0.157 e. The molecule has 2 fully saturated rings. The van der Waals surface area contributed by atoms with Crippen LogP contribution in [0.1, 0.15) is 40.5 Å². The molecule has 22 heavy (non-hydrogen) atoms. The van der Waals surface area contributed by atoms with Crippen molar-refractivity contribution >= 4 is 13.9 Å². The van der Waals surface area contributed by atoms with Crippen molar-refractivity contribution in [1.29, 1.82) is 0 Å². The van der Waals surface area contributed by atoms with Gasteiger partial charge < -0.3 is 5.32 Å². The number of carbonyl (C=O) groups excluding carboxylic acids is 1. The van der Waals surface area contributed by atoms with Gasteiger partial charge in [-0.3, -0.25) is 9.69 Å². The molecule has 4 heteroatoms. The lowest BCUT2D eigenvalue weighted by Crippen LogP contribution is -2.58. The number of hydrogen-bond donors (Lipinski definition) is 1. The topological polar surface area (TPSA) is 32.3 Å². The summed E-state index contributed by atoms with van der Waals surface area (Å²) >= 11 is 0. The predicted octanol–water partition coefficient (Wildman–Crippen LogP) is 3.38. The van der Waals surface area contributed by atoms with E-state index in [-0.39, 0.29) is 11.0 Å². The van der Waals surface area contributed by atoms with Crippen LogP contribution in [-0.4, -0.2) is 50.5 Å². The second-order valence-electron chi connectivity index (χ2n) is 10.2. The van der Waals surface area contributed by atoms with E-state index in [0.29, 0.717) is 11.2 Å². The van der Waals surface area contributed by atoms with E-state index in [1.54, 1.807) is 0 Å². The fraction of sp³-hybridized carbons (Fsp3) is 0.944. The second-order valence-corrected chi connectivity index (χ2v) is 15.7. The number of likely N-dealkylation sites (tertiary alicyclic amines) is 1. The Hall–Kier alpha value is -0.193. The van der Waals surface area contributed by atoms with Gasteiger partial charge in [-0.15, -0.1) is 0 Å². The molecule has 1 unspecified atom stereocenters. The first kappa shape index (κ1) is 18.1. The van der Waals surface area contributed by atoms with Crippen LogP contribution >= 0.6 is 0 Å². The van der Waals surface area contributed by atoms with Gasteiger partial charge in [-0.2, -0.15) is 0 Å². The van der Waals surface area contributed by atoms with E-state index >= 15 is 0 Å². The molecule has 2 heterocycles. The monoisotopic (exact) mass is 324 g/mol. The van der Waals surface area contributed by atoms with Gasteiger partial charge in [0.2, 0.25) is 0 Å². The number of rotatable bonds is 4. The van der Waals surface area contributed by atoms with Crippen molar-refractivity contribution in [3.8, 4) is 0 Å². The van der Waals surface area contributed by atoms with Gasteiger partial charge in [-0.1, -0.05) is 40.4 Å². The Bertz CT molecular complexity index is 429. The lowest BCUT2D eigenvalue weighted by Gasteiger charge is -2.45. The number of carbonyl (C=O) groups is 1. The minimum absolute atomic E-state index is 0.266. The van der Waals surface area contributed by atoms with Gasteiger partial charge in [0, 0.05) is 26.6 Å². The molecule has 2 rings (SSSR count). The van der Waals surface area contributed by atoms with E-state index in [1.165, 1.54) is 12.8 Å². The third-order valence-corrected chi connectivity index (χ3v) is 7.26. The Morgan fingerprint density at radius 2 is 1.82 bits per heavy atom. The van der Waals surface area contributed by atoms with Crippen LogP contribution < -0.4 is 5.32 Å². The zero-order valence-electron chi connectivity index (χ0n) is 15.8. The van der Waals surface area contributed by atoms with Crippen LogP contribution in [-0.2, 0) is 4.79 Å². The summed E-state index contributed by atoms with van der Waals surface area (Å²) in [7, 11) is -1.33. The molecule has 3 nitrogen and oxygen atoms in total. The molecule has 0 saturated carbocycles. The van der Waals surface area contributed by atoms with Crippen molar-refractivity contribution in [2.24, 2.45) is 10.8 Å². The number of hydrogen-bond acceptors (Lipinski definition) is 3. The number of nitrogens with zero attached hydrogens (tertiary/aromatic N) is 1. The summed E-state index contributed by atoms with van der Waals surface area (Å²) in [5.74, 6) is 0.436. The van der Waals surface area contributed by atoms with Gasteiger partial charge in [0.1, 0.15) is 0 Å². The molecule has 0 aromatic heterocycles. The Balaban J connectivity index is 2.27. The summed E-state index contributed by atoms with van der Waals surface area (Å²) in [4.78, 5) is 15.9. The Labute approximate surface area is 138 Å². The van der Waals surface area contributed by atoms with Crippen molar-refractivity contribution in [3.05, 3.63) is 0 Å². The molecule has 0 aromatic rings. The van der Waals surface area contributed by atoms with Gasteiger partial charge in [0.25, 0.3) is 0 Å². The summed E-state index contributed by atoms with van der Waals surface area (Å²) in [6, 6.07) is 1.07. The molecular weight excluding hydrogens is 288 g/mol. The maximum atomic E-state index is 13.3. The quantitative estimate of drug-likeness (QED) is 0.805. The minimum atomic E-state index is -1.33. The molecule has 0 amide bonds. The highest BCUT2D eigenvalue weighted by Crippen LogP contribution is 2.43. The molecule has 2 aliphatic rings. The van der Waals surface area contributed by atoms with Crippen LogP contribution in [0.2, 0.25) is 25.7 Å². The zero-order valence-corrected chi connectivity index (χ0v) is 16.8. The molecule has 0 aliphatic carbocycles. The van der Waals surface area contributed by atoms with Crippen LogP contribution in [0.15, 0.2) is 0 Å². The minimum Gasteiger partial charge on any atom is -0.316 e. The molecule has 1 spiro atoms. The molecule has 0 radical (unpaired) electrons. The van der Waals surface area contributed by atoms with E-state index in [9.17, 15) is 4.79 Å². The molecule has 1 N–H and O–H groups in total. The first-order valence-electron chi connectivity index (χ1n) is 8.89. The lowest BCUT2D eigenvalue weighted by molar-refractivity contribution is -0.137. The normalized spacial score (nSPS) is 30.0. The highest BCUT2D eigenvalue weighted by Gasteiger charge is 2.52. The van der Waals surface area contributed by atoms with Crippen molar-refractivity contribution < 1.29 is 4.79 Å². The van der Waals surface area contributed by atoms with E-state index in [2.05, 4.69) is 57.6 Å². The van der Waals surface area contributed by atoms with Crippen molar-refractivity contribution in [1.82, 2.24) is 10.2 Å². The van der Waals surface area contributed by atoms with Crippen LogP contribution in [0.25, 0.3) is 0 Å². The lowest BCUT2D eigenvalue weighted by atomic mass is 9.78. The average Bonchev–Trinajstić information content (AvgIpc) is 2.96. The van der Waals surface area contributed by atoms with E-state index in [1.807, 2.05) is 0 Å². The number of nitrogens with one attached hydrogen (secondary N) is 1. The molecule has 2 aliphatic heterocycles. The predicted molar refractivity (Wildman–Crippen MR) is 97.1 cm³/mol. The molecule has 0 aromatic carbocycles. The SMILES string of the molecule is CC(C)(C)C(=O)[C@@](C)(C[Si](C)(C)C)N1CCC2(CCNC2)C1. The molecule has 128 valence electrons. The summed E-state index contributed by atoms with van der Waals surface area (Å²) in [5, 5.41) is 3.53. The molecular formula is C18H36N2OSi. The van der Waals surface area contributed by atoms with Crippen LogP contribution in [0.3, 0.4) is 0 Å². The number of Topliss-reactive ketones (excluding diaryl/α,β-unsaturated/α-hetero) is 1. The van der Waals surface area contributed by atoms with Gasteiger partial charge in [0.15, 0.2) is 5.78 Å². The molecule has 2 saturated heterocycles. The zero-order chi connectivity index (χ0) is 16.8. The Morgan fingerprint density at radius 3 is 2.27 bits per heavy atom. The van der Waals surface area contributed by atoms with Crippen molar-refractivity contribution in [2.75, 3.05) is 26.2 Å². The first-order chi connectivity index (χ1) is 9.88. The third-order valence-electron chi connectivity index (χ3n) is 5.51. The fourth-order valence-electron chi connectivity index (χ4n) is 4.68. The summed E-state index contributed by atoms with van der Waals surface area (Å²) < 4.78 is 0. The highest BCUT2D eigenvalue weighted by atomic mass is 28.3. The Morgan fingerprint density at radius 1 is 1.18 bits per heavy atom. The second kappa shape index (κ2) is 5.71. The van der Waals surface area contributed by atoms with E-state index in [0.717, 1.165) is 32.2 Å². The van der Waals surface area contributed by atoms with Crippen LogP contribution in [0, 0.1) is 10.8 Å². The maximum absolute atomic E-state index is 13.3. The van der Waals surface area contributed by atoms with E-state index in [4.69, 9.17) is 0 Å².